The first-order chi connectivity index (χ1) is 30.2. The molecule has 4 nitrogen and oxygen atoms in total. The van der Waals surface area contributed by atoms with Gasteiger partial charge in [-0.2, -0.15) is 0 Å². The van der Waals surface area contributed by atoms with Crippen molar-refractivity contribution in [3.05, 3.63) is 210 Å². The van der Waals surface area contributed by atoms with Crippen molar-refractivity contribution in [1.29, 1.82) is 0 Å². The maximum atomic E-state index is 6.80. The highest BCUT2D eigenvalue weighted by Gasteiger charge is 2.24. The number of fused-ring (bicyclic) bond motifs is 7. The Balaban J connectivity index is 0.998. The Labute approximate surface area is 353 Å². The quantitative estimate of drug-likeness (QED) is 0.161. The molecule has 10 aromatic rings. The van der Waals surface area contributed by atoms with E-state index in [0.717, 1.165) is 109 Å². The van der Waals surface area contributed by atoms with E-state index in [1.165, 1.54) is 32.7 Å². The molecule has 2 aliphatic rings. The summed E-state index contributed by atoms with van der Waals surface area (Å²) in [5, 5.41) is 5.82. The summed E-state index contributed by atoms with van der Waals surface area (Å²) in [5.41, 5.74) is 17.1. The zero-order chi connectivity index (χ0) is 40.3. The van der Waals surface area contributed by atoms with Gasteiger partial charge in [0, 0.05) is 43.9 Å². The zero-order valence-corrected chi connectivity index (χ0v) is 33.5. The van der Waals surface area contributed by atoms with E-state index in [9.17, 15) is 0 Å². The van der Waals surface area contributed by atoms with Gasteiger partial charge in [0.25, 0.3) is 0 Å². The van der Waals surface area contributed by atoms with Crippen molar-refractivity contribution in [2.24, 2.45) is 0 Å². The zero-order valence-electron chi connectivity index (χ0n) is 33.5. The number of hydrogen-bond donors (Lipinski definition) is 0. The van der Waals surface area contributed by atoms with Crippen molar-refractivity contribution in [2.45, 2.75) is 25.7 Å². The van der Waals surface area contributed by atoms with Gasteiger partial charge in [-0.1, -0.05) is 127 Å². The van der Waals surface area contributed by atoms with E-state index in [4.69, 9.17) is 13.8 Å². The Kier molecular flexibility index (Phi) is 8.41. The minimum Gasteiger partial charge on any atom is -0.456 e. The molecule has 3 aromatic heterocycles. The smallest absolute Gasteiger partial charge is 0.161 e. The van der Waals surface area contributed by atoms with Gasteiger partial charge in [-0.05, 0) is 126 Å². The summed E-state index contributed by atoms with van der Waals surface area (Å²) in [6, 6.07) is 62.4. The van der Waals surface area contributed by atoms with Gasteiger partial charge in [0.15, 0.2) is 5.58 Å². The second-order valence-electron chi connectivity index (χ2n) is 16.0. The van der Waals surface area contributed by atoms with Crippen LogP contribution in [0.5, 0.6) is 0 Å². The molecule has 3 heterocycles. The number of aromatic nitrogens is 1. The lowest BCUT2D eigenvalue weighted by atomic mass is 9.84. The number of para-hydroxylation sites is 2. The van der Waals surface area contributed by atoms with Crippen molar-refractivity contribution in [3.8, 4) is 22.3 Å². The standard InChI is InChI=1S/C57H40N2O2/c1-3-16-38(17-4-1)49-36-50(58-56-48-27-11-12-30-52(48)61-57(49)56)45-26-10-9-25-44(45)46-28-15-31-53-55(46)47-33-32-40(35-54(47)60-53)39-20-13-23-42(34-39)59(41-21-5-2-6-22-41)51-29-14-19-37-18-7-8-24-43(37)51/h1-8,10-14,16-24,26-27,29-36H,9,15,25,28H2. The summed E-state index contributed by atoms with van der Waals surface area (Å²) in [5.74, 6) is 0. The molecule has 12 rings (SSSR count). The van der Waals surface area contributed by atoms with Crippen molar-refractivity contribution < 1.29 is 8.83 Å². The topological polar surface area (TPSA) is 42.4 Å². The van der Waals surface area contributed by atoms with Gasteiger partial charge in [0.05, 0.1) is 11.4 Å². The average molecular weight is 785 g/mol. The molecule has 0 aliphatic heterocycles. The van der Waals surface area contributed by atoms with E-state index in [2.05, 4.69) is 187 Å². The average Bonchev–Trinajstić information content (AvgIpc) is 3.90. The Morgan fingerprint density at radius 1 is 0.508 bits per heavy atom. The molecule has 7 aromatic carbocycles. The van der Waals surface area contributed by atoms with Crippen LogP contribution in [0.3, 0.4) is 0 Å². The molecular formula is C57H40N2O2. The van der Waals surface area contributed by atoms with Crippen LogP contribution in [0.2, 0.25) is 0 Å². The number of allylic oxidation sites excluding steroid dienone is 4. The number of nitrogens with zero attached hydrogens (tertiary/aromatic N) is 2. The molecule has 0 saturated carbocycles. The molecular weight excluding hydrogens is 745 g/mol. The van der Waals surface area contributed by atoms with Gasteiger partial charge < -0.3 is 13.7 Å². The number of anilines is 3. The lowest BCUT2D eigenvalue weighted by Gasteiger charge is -2.27. The van der Waals surface area contributed by atoms with Gasteiger partial charge in [0.1, 0.15) is 22.1 Å². The molecule has 4 heteroatoms. The van der Waals surface area contributed by atoms with Gasteiger partial charge in [-0.25, -0.2) is 4.98 Å². The van der Waals surface area contributed by atoms with Crippen molar-refractivity contribution in [3.63, 3.8) is 0 Å². The summed E-state index contributed by atoms with van der Waals surface area (Å²) in [6.07, 6.45) is 10.7. The fraction of sp³-hybridized carbons (Fsp3) is 0.0702. The molecule has 0 amide bonds. The number of furan rings is 2. The lowest BCUT2D eigenvalue weighted by Crippen LogP contribution is -2.27. The summed E-state index contributed by atoms with van der Waals surface area (Å²) in [4.78, 5) is 7.75. The number of hydrogen-bond acceptors (Lipinski definition) is 4. The molecule has 0 bridgehead atoms. The highest BCUT2D eigenvalue weighted by Crippen LogP contribution is 2.42. The number of benzene rings is 7. The lowest BCUT2D eigenvalue weighted by molar-refractivity contribution is 0.571. The molecule has 0 spiro atoms. The first kappa shape index (κ1) is 35.3. The molecule has 0 saturated heterocycles. The molecule has 0 atom stereocenters. The SMILES string of the molecule is C1=CC(c2cc(-c3ccccc3)c3oc4ccccc4c3n2)=C(C2=c3c(oc4cc(-c5cccc(N(c6ccccc6)c6cccc7ccccc67)c5)ccc34)=CCC2)CC1. The van der Waals surface area contributed by atoms with Crippen LogP contribution in [0.25, 0.3) is 83.3 Å². The minimum absolute atomic E-state index is 0.823. The van der Waals surface area contributed by atoms with Crippen LogP contribution >= 0.6 is 0 Å². The second kappa shape index (κ2) is 14.5. The molecule has 0 radical (unpaired) electrons. The fourth-order valence-corrected chi connectivity index (χ4v) is 9.62. The van der Waals surface area contributed by atoms with Crippen LogP contribution in [0.4, 0.5) is 17.1 Å². The van der Waals surface area contributed by atoms with Crippen LogP contribution in [0, 0.1) is 0 Å². The minimum atomic E-state index is 0.823. The van der Waals surface area contributed by atoms with Crippen molar-refractivity contribution >= 4 is 78.1 Å². The van der Waals surface area contributed by atoms with E-state index in [1.54, 1.807) is 0 Å². The fourth-order valence-electron chi connectivity index (χ4n) is 9.62. The maximum Gasteiger partial charge on any atom is 0.161 e. The second-order valence-corrected chi connectivity index (χ2v) is 16.0. The third kappa shape index (κ3) is 6.02. The molecule has 61 heavy (non-hydrogen) atoms. The first-order valence-electron chi connectivity index (χ1n) is 21.2. The van der Waals surface area contributed by atoms with Crippen LogP contribution in [0.1, 0.15) is 31.4 Å². The maximum absolute atomic E-state index is 6.80. The van der Waals surface area contributed by atoms with E-state index in [-0.39, 0.29) is 0 Å². The molecule has 0 N–H and O–H groups in total. The normalized spacial score (nSPS) is 13.9. The van der Waals surface area contributed by atoms with Crippen molar-refractivity contribution in [1.82, 2.24) is 4.98 Å². The van der Waals surface area contributed by atoms with E-state index in [0.29, 0.717) is 0 Å². The predicted octanol–water partition coefficient (Wildman–Crippen LogP) is 14.2. The monoisotopic (exact) mass is 784 g/mol. The summed E-state index contributed by atoms with van der Waals surface area (Å²) >= 11 is 0. The Bertz CT molecular complexity index is 3530. The Hall–Kier alpha value is -7.69. The van der Waals surface area contributed by atoms with E-state index >= 15 is 0 Å². The van der Waals surface area contributed by atoms with E-state index < -0.39 is 0 Å². The Morgan fingerprint density at radius 3 is 2.13 bits per heavy atom. The molecule has 2 aliphatic carbocycles. The van der Waals surface area contributed by atoms with Gasteiger partial charge in [0.2, 0.25) is 0 Å². The van der Waals surface area contributed by atoms with Gasteiger partial charge in [-0.3, -0.25) is 0 Å². The van der Waals surface area contributed by atoms with Crippen LogP contribution < -0.4 is 15.5 Å². The van der Waals surface area contributed by atoms with Gasteiger partial charge >= 0.3 is 0 Å². The van der Waals surface area contributed by atoms with Crippen LogP contribution in [-0.4, -0.2) is 4.98 Å². The van der Waals surface area contributed by atoms with Crippen LogP contribution in [-0.2, 0) is 0 Å². The number of pyridine rings is 1. The molecule has 290 valence electrons. The largest absolute Gasteiger partial charge is 0.456 e. The first-order valence-corrected chi connectivity index (χ1v) is 21.2. The third-order valence-electron chi connectivity index (χ3n) is 12.4. The number of rotatable bonds is 7. The summed E-state index contributed by atoms with van der Waals surface area (Å²) < 4.78 is 13.3. The highest BCUT2D eigenvalue weighted by molar-refractivity contribution is 6.08. The Morgan fingerprint density at radius 2 is 1.23 bits per heavy atom. The summed E-state index contributed by atoms with van der Waals surface area (Å²) in [7, 11) is 0. The van der Waals surface area contributed by atoms with Gasteiger partial charge in [-0.15, -0.1) is 0 Å². The predicted molar refractivity (Wildman–Crippen MR) is 252 cm³/mol. The third-order valence-corrected chi connectivity index (χ3v) is 12.4. The molecule has 0 fully saturated rings. The van der Waals surface area contributed by atoms with Crippen LogP contribution in [0.15, 0.2) is 202 Å². The van der Waals surface area contributed by atoms with Crippen molar-refractivity contribution in [2.75, 3.05) is 4.90 Å². The molecule has 0 unspecified atom stereocenters. The van der Waals surface area contributed by atoms with E-state index in [1.807, 2.05) is 12.1 Å². The summed E-state index contributed by atoms with van der Waals surface area (Å²) in [6.45, 7) is 0. The highest BCUT2D eigenvalue weighted by atomic mass is 16.3.